The van der Waals surface area contributed by atoms with Crippen molar-refractivity contribution < 1.29 is 9.73 Å². The highest BCUT2D eigenvalue weighted by Crippen LogP contribution is 2.19. The van der Waals surface area contributed by atoms with E-state index < -0.39 is 0 Å². The highest BCUT2D eigenvalue weighted by atomic mass is 16.5. The number of rotatable bonds is 6. The van der Waals surface area contributed by atoms with Crippen LogP contribution in [-0.4, -0.2) is 22.7 Å². The lowest BCUT2D eigenvalue weighted by Gasteiger charge is -2.22. The third-order valence-corrected chi connectivity index (χ3v) is 2.52. The van der Waals surface area contributed by atoms with Gasteiger partial charge in [-0.1, -0.05) is 24.2 Å². The van der Waals surface area contributed by atoms with E-state index in [9.17, 15) is 0 Å². The SMILES string of the molecule is CC(C)(CCNCc1ccno1)C(N)=NO. The van der Waals surface area contributed by atoms with Gasteiger partial charge in [-0.25, -0.2) is 0 Å². The number of nitrogens with one attached hydrogen (secondary N) is 1. The minimum absolute atomic E-state index is 0.244. The zero-order chi connectivity index (χ0) is 12.0. The number of oxime groups is 1. The molecule has 1 heterocycles. The highest BCUT2D eigenvalue weighted by Gasteiger charge is 2.22. The first-order chi connectivity index (χ1) is 7.56. The lowest BCUT2D eigenvalue weighted by atomic mass is 9.88. The van der Waals surface area contributed by atoms with Crippen LogP contribution in [-0.2, 0) is 6.54 Å². The molecule has 4 N–H and O–H groups in total. The Balaban J connectivity index is 2.25. The first-order valence-corrected chi connectivity index (χ1v) is 5.14. The predicted molar refractivity (Wildman–Crippen MR) is 60.0 cm³/mol. The lowest BCUT2D eigenvalue weighted by Crippen LogP contribution is -2.34. The van der Waals surface area contributed by atoms with Crippen LogP contribution in [0.25, 0.3) is 0 Å². The number of aromatic nitrogens is 1. The minimum Gasteiger partial charge on any atom is -0.409 e. The highest BCUT2D eigenvalue weighted by molar-refractivity contribution is 5.85. The molecule has 0 unspecified atom stereocenters. The van der Waals surface area contributed by atoms with Crippen molar-refractivity contribution in [2.75, 3.05) is 6.54 Å². The van der Waals surface area contributed by atoms with E-state index in [0.29, 0.717) is 6.54 Å². The van der Waals surface area contributed by atoms with Gasteiger partial charge in [-0.15, -0.1) is 0 Å². The second kappa shape index (κ2) is 5.50. The number of hydrogen-bond acceptors (Lipinski definition) is 5. The van der Waals surface area contributed by atoms with Crippen LogP contribution in [0.15, 0.2) is 21.9 Å². The third kappa shape index (κ3) is 3.54. The first kappa shape index (κ1) is 12.5. The molecule has 0 saturated carbocycles. The van der Waals surface area contributed by atoms with E-state index in [1.807, 2.05) is 19.9 Å². The van der Waals surface area contributed by atoms with E-state index in [0.717, 1.165) is 18.7 Å². The maximum absolute atomic E-state index is 8.60. The van der Waals surface area contributed by atoms with Gasteiger partial charge in [0.2, 0.25) is 0 Å². The van der Waals surface area contributed by atoms with Crippen molar-refractivity contribution in [1.29, 1.82) is 0 Å². The lowest BCUT2D eigenvalue weighted by molar-refractivity contribution is 0.304. The van der Waals surface area contributed by atoms with E-state index in [4.69, 9.17) is 15.5 Å². The Hall–Kier alpha value is -1.56. The Morgan fingerprint density at radius 2 is 2.44 bits per heavy atom. The monoisotopic (exact) mass is 226 g/mol. The maximum atomic E-state index is 8.60. The molecular formula is C10H18N4O2. The third-order valence-electron chi connectivity index (χ3n) is 2.52. The molecule has 90 valence electrons. The molecule has 0 amide bonds. The molecule has 0 aliphatic heterocycles. The number of nitrogens with zero attached hydrogens (tertiary/aromatic N) is 2. The molecule has 6 nitrogen and oxygen atoms in total. The normalized spacial score (nSPS) is 13.0. The van der Waals surface area contributed by atoms with Crippen molar-refractivity contribution in [3.63, 3.8) is 0 Å². The molecule has 0 spiro atoms. The van der Waals surface area contributed by atoms with Gasteiger partial charge in [0, 0.05) is 11.5 Å². The number of amidine groups is 1. The van der Waals surface area contributed by atoms with E-state index in [1.165, 1.54) is 0 Å². The fourth-order valence-electron chi connectivity index (χ4n) is 1.21. The topological polar surface area (TPSA) is 96.7 Å². The van der Waals surface area contributed by atoms with Gasteiger partial charge in [0.05, 0.1) is 12.7 Å². The molecule has 0 atom stereocenters. The fourth-order valence-corrected chi connectivity index (χ4v) is 1.21. The van der Waals surface area contributed by atoms with Gasteiger partial charge in [0.15, 0.2) is 0 Å². The van der Waals surface area contributed by atoms with Gasteiger partial charge in [-0.05, 0) is 13.0 Å². The molecule has 1 rings (SSSR count). The van der Waals surface area contributed by atoms with Crippen molar-refractivity contribution in [3.05, 3.63) is 18.0 Å². The molecule has 1 aromatic rings. The van der Waals surface area contributed by atoms with Crippen molar-refractivity contribution in [1.82, 2.24) is 10.5 Å². The summed E-state index contributed by atoms with van der Waals surface area (Å²) in [5.74, 6) is 1.04. The summed E-state index contributed by atoms with van der Waals surface area (Å²) >= 11 is 0. The largest absolute Gasteiger partial charge is 0.409 e. The van der Waals surface area contributed by atoms with Crippen LogP contribution >= 0.6 is 0 Å². The zero-order valence-corrected chi connectivity index (χ0v) is 9.60. The van der Waals surface area contributed by atoms with Gasteiger partial charge >= 0.3 is 0 Å². The smallest absolute Gasteiger partial charge is 0.150 e. The molecule has 0 bridgehead atoms. The molecule has 0 aromatic carbocycles. The molecule has 0 radical (unpaired) electrons. The summed E-state index contributed by atoms with van der Waals surface area (Å²) in [5.41, 5.74) is 5.25. The predicted octanol–water partition coefficient (Wildman–Crippen LogP) is 0.927. The van der Waals surface area contributed by atoms with Crippen molar-refractivity contribution in [3.8, 4) is 0 Å². The van der Waals surface area contributed by atoms with E-state index in [2.05, 4.69) is 15.6 Å². The van der Waals surface area contributed by atoms with Gasteiger partial charge in [-0.2, -0.15) is 0 Å². The van der Waals surface area contributed by atoms with Crippen LogP contribution in [0.5, 0.6) is 0 Å². The van der Waals surface area contributed by atoms with E-state index >= 15 is 0 Å². The van der Waals surface area contributed by atoms with Crippen LogP contribution < -0.4 is 11.1 Å². The minimum atomic E-state index is -0.316. The summed E-state index contributed by atoms with van der Waals surface area (Å²) in [7, 11) is 0. The number of nitrogens with two attached hydrogens (primary N) is 1. The summed E-state index contributed by atoms with van der Waals surface area (Å²) in [4.78, 5) is 0. The molecule has 0 aliphatic carbocycles. The maximum Gasteiger partial charge on any atom is 0.150 e. The van der Waals surface area contributed by atoms with Gasteiger partial charge in [0.1, 0.15) is 11.6 Å². The second-order valence-electron chi connectivity index (χ2n) is 4.27. The zero-order valence-electron chi connectivity index (χ0n) is 9.60. The Morgan fingerprint density at radius 1 is 1.69 bits per heavy atom. The van der Waals surface area contributed by atoms with Crippen LogP contribution in [0.4, 0.5) is 0 Å². The average molecular weight is 226 g/mol. The van der Waals surface area contributed by atoms with Gasteiger partial charge in [-0.3, -0.25) is 0 Å². The summed E-state index contributed by atoms with van der Waals surface area (Å²) in [5, 5.41) is 18.4. The summed E-state index contributed by atoms with van der Waals surface area (Å²) in [6.07, 6.45) is 2.38. The second-order valence-corrected chi connectivity index (χ2v) is 4.27. The summed E-state index contributed by atoms with van der Waals surface area (Å²) in [6.45, 7) is 5.24. The molecular weight excluding hydrogens is 208 g/mol. The van der Waals surface area contributed by atoms with Crippen LogP contribution in [0, 0.1) is 5.41 Å². The Bertz CT molecular complexity index is 333. The van der Waals surface area contributed by atoms with Crippen molar-refractivity contribution >= 4 is 5.84 Å². The van der Waals surface area contributed by atoms with E-state index in [1.54, 1.807) is 6.20 Å². The van der Waals surface area contributed by atoms with Gasteiger partial charge in [0.25, 0.3) is 0 Å². The van der Waals surface area contributed by atoms with Crippen molar-refractivity contribution in [2.45, 2.75) is 26.8 Å². The standard InChI is InChI=1S/C10H18N4O2/c1-10(2,9(11)14-15)4-6-12-7-8-3-5-13-16-8/h3,5,12,15H,4,6-7H2,1-2H3,(H2,11,14). The summed E-state index contributed by atoms with van der Waals surface area (Å²) in [6, 6.07) is 1.81. The van der Waals surface area contributed by atoms with E-state index in [-0.39, 0.29) is 11.3 Å². The fraction of sp³-hybridized carbons (Fsp3) is 0.600. The average Bonchev–Trinajstić information content (AvgIpc) is 2.76. The van der Waals surface area contributed by atoms with Crippen LogP contribution in [0.2, 0.25) is 0 Å². The molecule has 0 fully saturated rings. The summed E-state index contributed by atoms with van der Waals surface area (Å²) < 4.78 is 4.93. The van der Waals surface area contributed by atoms with Gasteiger partial charge < -0.3 is 20.8 Å². The quantitative estimate of drug-likeness (QED) is 0.220. The molecule has 6 heteroatoms. The molecule has 0 aliphatic rings. The first-order valence-electron chi connectivity index (χ1n) is 5.14. The number of hydrogen-bond donors (Lipinski definition) is 3. The Kier molecular flexibility index (Phi) is 4.30. The molecule has 0 saturated heterocycles. The van der Waals surface area contributed by atoms with Crippen molar-refractivity contribution in [2.24, 2.45) is 16.3 Å². The van der Waals surface area contributed by atoms with Crippen LogP contribution in [0.3, 0.4) is 0 Å². The van der Waals surface area contributed by atoms with Crippen LogP contribution in [0.1, 0.15) is 26.0 Å². The molecule has 1 aromatic heterocycles. The molecule has 16 heavy (non-hydrogen) atoms. The Labute approximate surface area is 94.5 Å². The Morgan fingerprint density at radius 3 is 3.00 bits per heavy atom.